The minimum absolute atomic E-state index is 0.465. The van der Waals surface area contributed by atoms with Gasteiger partial charge in [0.05, 0.1) is 6.21 Å². The van der Waals surface area contributed by atoms with Crippen molar-refractivity contribution in [2.75, 3.05) is 6.61 Å². The zero-order valence-corrected chi connectivity index (χ0v) is 6.81. The molecule has 0 fully saturated rings. The second-order valence-electron chi connectivity index (χ2n) is 3.00. The molecule has 62 valence electrons. The highest BCUT2D eigenvalue weighted by Gasteiger charge is 2.11. The Labute approximate surface area is 71.8 Å². The van der Waals surface area contributed by atoms with Crippen molar-refractivity contribution >= 4 is 6.21 Å². The molecule has 0 N–H and O–H groups in total. The van der Waals surface area contributed by atoms with Crippen LogP contribution in [0.25, 0.3) is 0 Å². The van der Waals surface area contributed by atoms with Crippen LogP contribution in [0.15, 0.2) is 35.5 Å². The number of oxime groups is 1. The Bertz CT molecular complexity index is 268. The molecule has 2 heteroatoms. The van der Waals surface area contributed by atoms with E-state index in [2.05, 4.69) is 29.4 Å². The van der Waals surface area contributed by atoms with Gasteiger partial charge in [0.15, 0.2) is 0 Å². The van der Waals surface area contributed by atoms with Crippen LogP contribution in [0, 0.1) is 5.92 Å². The molecule has 1 aromatic rings. The number of benzene rings is 1. The molecule has 0 spiro atoms. The Morgan fingerprint density at radius 2 is 2.17 bits per heavy atom. The molecule has 1 aromatic carbocycles. The van der Waals surface area contributed by atoms with Crippen LogP contribution in [0.3, 0.4) is 0 Å². The molecule has 2 nitrogen and oxygen atoms in total. The average Bonchev–Trinajstić information content (AvgIpc) is 2.59. The zero-order chi connectivity index (χ0) is 8.23. The lowest BCUT2D eigenvalue weighted by atomic mass is 10.0. The highest BCUT2D eigenvalue weighted by Crippen LogP contribution is 2.10. The van der Waals surface area contributed by atoms with Crippen molar-refractivity contribution in [3.63, 3.8) is 0 Å². The van der Waals surface area contributed by atoms with Crippen LogP contribution in [0.5, 0.6) is 0 Å². The Morgan fingerprint density at radius 1 is 1.33 bits per heavy atom. The first-order valence-corrected chi connectivity index (χ1v) is 4.14. The van der Waals surface area contributed by atoms with Gasteiger partial charge in [0.25, 0.3) is 0 Å². The summed E-state index contributed by atoms with van der Waals surface area (Å²) in [6.07, 6.45) is 2.91. The van der Waals surface area contributed by atoms with Crippen molar-refractivity contribution in [2.45, 2.75) is 6.42 Å². The van der Waals surface area contributed by atoms with E-state index in [0.717, 1.165) is 13.0 Å². The minimum atomic E-state index is 0.465. The topological polar surface area (TPSA) is 21.6 Å². The molecule has 0 amide bonds. The third kappa shape index (κ3) is 1.64. The van der Waals surface area contributed by atoms with Gasteiger partial charge in [-0.05, 0) is 12.0 Å². The summed E-state index contributed by atoms with van der Waals surface area (Å²) in [4.78, 5) is 4.90. The molecule has 0 aromatic heterocycles. The van der Waals surface area contributed by atoms with E-state index in [9.17, 15) is 0 Å². The fourth-order valence-corrected chi connectivity index (χ4v) is 1.34. The number of rotatable bonds is 2. The summed E-state index contributed by atoms with van der Waals surface area (Å²) < 4.78 is 0. The van der Waals surface area contributed by atoms with Gasteiger partial charge in [0.2, 0.25) is 0 Å². The molecule has 0 aliphatic carbocycles. The summed E-state index contributed by atoms with van der Waals surface area (Å²) in [5, 5.41) is 3.74. The Hall–Kier alpha value is -1.31. The number of hydrogen-bond donors (Lipinski definition) is 0. The quantitative estimate of drug-likeness (QED) is 0.648. The molecule has 2 rings (SSSR count). The fraction of sp³-hybridized carbons (Fsp3) is 0.300. The van der Waals surface area contributed by atoms with Crippen molar-refractivity contribution < 1.29 is 4.84 Å². The van der Waals surface area contributed by atoms with Gasteiger partial charge in [0, 0.05) is 5.92 Å². The number of hydrogen-bond acceptors (Lipinski definition) is 2. The standard InChI is InChI=1S/C10H11NO/c1-2-4-9(5-3-1)6-10-7-11-12-8-10/h1-5,7,10H,6,8H2/t10-/m1/s1. The molecular weight excluding hydrogens is 150 g/mol. The van der Waals surface area contributed by atoms with Gasteiger partial charge in [-0.25, -0.2) is 0 Å². The van der Waals surface area contributed by atoms with Gasteiger partial charge in [-0.3, -0.25) is 0 Å². The summed E-state index contributed by atoms with van der Waals surface area (Å²) in [5.74, 6) is 0.465. The van der Waals surface area contributed by atoms with Gasteiger partial charge >= 0.3 is 0 Å². The molecule has 1 atom stereocenters. The van der Waals surface area contributed by atoms with E-state index in [4.69, 9.17) is 4.84 Å². The van der Waals surface area contributed by atoms with Crippen LogP contribution >= 0.6 is 0 Å². The first kappa shape index (κ1) is 7.35. The Morgan fingerprint density at radius 3 is 2.83 bits per heavy atom. The van der Waals surface area contributed by atoms with Crippen LogP contribution in [0.2, 0.25) is 0 Å². The zero-order valence-electron chi connectivity index (χ0n) is 6.81. The largest absolute Gasteiger partial charge is 0.395 e. The molecule has 1 aliphatic heterocycles. The second kappa shape index (κ2) is 3.39. The molecule has 0 saturated heterocycles. The summed E-state index contributed by atoms with van der Waals surface area (Å²) in [7, 11) is 0. The predicted octanol–water partition coefficient (Wildman–Crippen LogP) is 1.86. The van der Waals surface area contributed by atoms with E-state index in [1.807, 2.05) is 12.3 Å². The monoisotopic (exact) mass is 161 g/mol. The van der Waals surface area contributed by atoms with Gasteiger partial charge in [0.1, 0.15) is 6.61 Å². The van der Waals surface area contributed by atoms with Gasteiger partial charge in [-0.15, -0.1) is 0 Å². The lowest BCUT2D eigenvalue weighted by Gasteiger charge is -2.03. The van der Waals surface area contributed by atoms with E-state index in [1.54, 1.807) is 0 Å². The summed E-state index contributed by atoms with van der Waals surface area (Å²) in [5.41, 5.74) is 1.35. The molecular formula is C10H11NO. The Balaban J connectivity index is 1.99. The minimum Gasteiger partial charge on any atom is -0.395 e. The lowest BCUT2D eigenvalue weighted by molar-refractivity contribution is 0.154. The SMILES string of the molecule is C1=NOC[C@@H]1Cc1ccccc1. The summed E-state index contributed by atoms with van der Waals surface area (Å²) in [6.45, 7) is 0.731. The maximum Gasteiger partial charge on any atom is 0.125 e. The van der Waals surface area contributed by atoms with Crippen molar-refractivity contribution in [3.05, 3.63) is 35.9 Å². The van der Waals surface area contributed by atoms with Crippen molar-refractivity contribution in [1.82, 2.24) is 0 Å². The molecule has 1 heterocycles. The van der Waals surface area contributed by atoms with Crippen LogP contribution in [0.1, 0.15) is 5.56 Å². The first-order chi connectivity index (χ1) is 5.95. The van der Waals surface area contributed by atoms with Gasteiger partial charge < -0.3 is 4.84 Å². The van der Waals surface area contributed by atoms with Crippen LogP contribution in [-0.4, -0.2) is 12.8 Å². The molecule has 12 heavy (non-hydrogen) atoms. The highest BCUT2D eigenvalue weighted by atomic mass is 16.6. The van der Waals surface area contributed by atoms with Gasteiger partial charge in [-0.2, -0.15) is 0 Å². The summed E-state index contributed by atoms with van der Waals surface area (Å²) in [6, 6.07) is 10.4. The van der Waals surface area contributed by atoms with E-state index in [0.29, 0.717) is 5.92 Å². The third-order valence-corrected chi connectivity index (χ3v) is 1.98. The van der Waals surface area contributed by atoms with E-state index in [-0.39, 0.29) is 0 Å². The maximum absolute atomic E-state index is 4.90. The third-order valence-electron chi connectivity index (χ3n) is 1.98. The predicted molar refractivity (Wildman–Crippen MR) is 48.1 cm³/mol. The average molecular weight is 161 g/mol. The van der Waals surface area contributed by atoms with E-state index in [1.165, 1.54) is 5.56 Å². The highest BCUT2D eigenvalue weighted by molar-refractivity contribution is 5.62. The molecule has 0 bridgehead atoms. The smallest absolute Gasteiger partial charge is 0.125 e. The van der Waals surface area contributed by atoms with Crippen LogP contribution < -0.4 is 0 Å². The van der Waals surface area contributed by atoms with Crippen LogP contribution in [-0.2, 0) is 11.3 Å². The molecule has 0 unspecified atom stereocenters. The Kier molecular flexibility index (Phi) is 2.08. The van der Waals surface area contributed by atoms with Crippen molar-refractivity contribution in [1.29, 1.82) is 0 Å². The first-order valence-electron chi connectivity index (χ1n) is 4.14. The normalized spacial score (nSPS) is 20.8. The summed E-state index contributed by atoms with van der Waals surface area (Å²) >= 11 is 0. The molecule has 0 radical (unpaired) electrons. The van der Waals surface area contributed by atoms with Crippen molar-refractivity contribution in [2.24, 2.45) is 11.1 Å². The maximum atomic E-state index is 4.90. The lowest BCUT2D eigenvalue weighted by Crippen LogP contribution is -2.06. The fourth-order valence-electron chi connectivity index (χ4n) is 1.34. The molecule has 1 aliphatic rings. The second-order valence-corrected chi connectivity index (χ2v) is 3.00. The van der Waals surface area contributed by atoms with Crippen molar-refractivity contribution in [3.8, 4) is 0 Å². The van der Waals surface area contributed by atoms with Crippen LogP contribution in [0.4, 0.5) is 0 Å². The van der Waals surface area contributed by atoms with E-state index < -0.39 is 0 Å². The van der Waals surface area contributed by atoms with Gasteiger partial charge in [-0.1, -0.05) is 35.5 Å². The molecule has 0 saturated carbocycles. The van der Waals surface area contributed by atoms with E-state index >= 15 is 0 Å². The number of nitrogens with zero attached hydrogens (tertiary/aromatic N) is 1.